The fourth-order valence-corrected chi connectivity index (χ4v) is 5.49. The van der Waals surface area contributed by atoms with Crippen LogP contribution in [0.3, 0.4) is 0 Å². The van der Waals surface area contributed by atoms with Gasteiger partial charge in [-0.15, -0.1) is 0 Å². The molecule has 1 aromatic carbocycles. The van der Waals surface area contributed by atoms with E-state index in [1.54, 1.807) is 0 Å². The predicted octanol–water partition coefficient (Wildman–Crippen LogP) is 3.40. The zero-order chi connectivity index (χ0) is 10.9. The highest BCUT2D eigenvalue weighted by Crippen LogP contribution is 2.33. The fraction of sp³-hybridized carbons (Fsp3) is 0.500. The monoisotopic (exact) mass is 288 g/mol. The van der Waals surface area contributed by atoms with Crippen LogP contribution in [0.15, 0.2) is 33.6 Å². The number of benzene rings is 1. The molecule has 1 aliphatic carbocycles. The van der Waals surface area contributed by atoms with Crippen molar-refractivity contribution in [3.05, 3.63) is 28.7 Å². The molecule has 1 aliphatic rings. The van der Waals surface area contributed by atoms with Crippen molar-refractivity contribution in [1.82, 2.24) is 0 Å². The maximum atomic E-state index is 12.7. The summed E-state index contributed by atoms with van der Waals surface area (Å²) in [5.74, 6) is 0. The summed E-state index contributed by atoms with van der Waals surface area (Å²) >= 11 is 3.44. The SMILES string of the molecule is C[SH](=O)(c1cccc(Br)c1)C1CCCC1. The fourth-order valence-electron chi connectivity index (χ4n) is 2.36. The van der Waals surface area contributed by atoms with Gasteiger partial charge in [0.15, 0.2) is 0 Å². The van der Waals surface area contributed by atoms with Crippen LogP contribution in [0.1, 0.15) is 25.7 Å². The molecule has 2 rings (SSSR count). The van der Waals surface area contributed by atoms with Gasteiger partial charge >= 0.3 is 0 Å². The highest BCUT2D eigenvalue weighted by atomic mass is 79.9. The summed E-state index contributed by atoms with van der Waals surface area (Å²) in [7, 11) is -2.15. The number of hydrogen-bond acceptors (Lipinski definition) is 1. The minimum Gasteiger partial charge on any atom is -0.280 e. The molecule has 1 aromatic rings. The Balaban J connectivity index is 2.32. The van der Waals surface area contributed by atoms with E-state index in [4.69, 9.17) is 0 Å². The summed E-state index contributed by atoms with van der Waals surface area (Å²) in [6.45, 7) is 0. The molecular formula is C12H17BrOS. The number of hydrogen-bond donors (Lipinski definition) is 1. The van der Waals surface area contributed by atoms with E-state index in [1.807, 2.05) is 30.5 Å². The van der Waals surface area contributed by atoms with Gasteiger partial charge in [-0.25, -0.2) is 0 Å². The molecule has 15 heavy (non-hydrogen) atoms. The van der Waals surface area contributed by atoms with E-state index in [2.05, 4.69) is 15.9 Å². The molecule has 84 valence electrons. The molecular weight excluding hydrogens is 272 g/mol. The van der Waals surface area contributed by atoms with E-state index in [-0.39, 0.29) is 0 Å². The maximum Gasteiger partial charge on any atom is 0.0186 e. The van der Waals surface area contributed by atoms with Gasteiger partial charge in [0.2, 0.25) is 0 Å². The van der Waals surface area contributed by atoms with Gasteiger partial charge < -0.3 is 0 Å². The Bertz CT molecular complexity index is 396. The van der Waals surface area contributed by atoms with Crippen LogP contribution < -0.4 is 0 Å². The Labute approximate surface area is 101 Å². The normalized spacial score (nSPS) is 19.3. The van der Waals surface area contributed by atoms with E-state index in [1.165, 1.54) is 12.8 Å². The Morgan fingerprint density at radius 3 is 2.60 bits per heavy atom. The number of rotatable bonds is 2. The summed E-state index contributed by atoms with van der Waals surface area (Å²) in [5.41, 5.74) is 0. The van der Waals surface area contributed by atoms with Crippen LogP contribution in [0, 0.1) is 0 Å². The van der Waals surface area contributed by atoms with E-state index in [0.717, 1.165) is 22.2 Å². The zero-order valence-corrected chi connectivity index (χ0v) is 11.4. The highest BCUT2D eigenvalue weighted by molar-refractivity contribution is 9.10. The van der Waals surface area contributed by atoms with Gasteiger partial charge in [-0.3, -0.25) is 4.21 Å². The lowest BCUT2D eigenvalue weighted by molar-refractivity contribution is 0.658. The average Bonchev–Trinajstić information content (AvgIpc) is 2.71. The molecule has 0 amide bonds. The Hall–Kier alpha value is -0.150. The van der Waals surface area contributed by atoms with Gasteiger partial charge in [0.05, 0.1) is 0 Å². The molecule has 0 aromatic heterocycles. The number of halogens is 1. The standard InChI is InChI=1S/C12H17BrOS/c1-15(14,11-6-2-3-7-11)12-8-4-5-10(13)9-12/h4-5,8-9,11,15H,2-3,6-7H2,1H3. The molecule has 0 heterocycles. The topological polar surface area (TPSA) is 17.1 Å². The molecule has 0 radical (unpaired) electrons. The minimum atomic E-state index is -2.15. The van der Waals surface area contributed by atoms with Crippen molar-refractivity contribution in [3.8, 4) is 0 Å². The molecule has 1 saturated carbocycles. The van der Waals surface area contributed by atoms with E-state index >= 15 is 0 Å². The largest absolute Gasteiger partial charge is 0.280 e. The van der Waals surface area contributed by atoms with Crippen molar-refractivity contribution in [1.29, 1.82) is 0 Å². The maximum absolute atomic E-state index is 12.7. The zero-order valence-electron chi connectivity index (χ0n) is 8.95. The Kier molecular flexibility index (Phi) is 3.31. The highest BCUT2D eigenvalue weighted by Gasteiger charge is 2.27. The molecule has 1 fully saturated rings. The van der Waals surface area contributed by atoms with Crippen molar-refractivity contribution in [2.24, 2.45) is 0 Å². The summed E-state index contributed by atoms with van der Waals surface area (Å²) in [4.78, 5) is 1.03. The summed E-state index contributed by atoms with van der Waals surface area (Å²) in [6.07, 6.45) is 6.72. The van der Waals surface area contributed by atoms with Gasteiger partial charge in [-0.05, 0) is 37.3 Å². The molecule has 0 atom stereocenters. The van der Waals surface area contributed by atoms with Crippen LogP contribution in [0.2, 0.25) is 0 Å². The predicted molar refractivity (Wildman–Crippen MR) is 70.1 cm³/mol. The van der Waals surface area contributed by atoms with Crippen molar-refractivity contribution in [2.75, 3.05) is 6.26 Å². The second-order valence-corrected chi connectivity index (χ2v) is 8.55. The lowest BCUT2D eigenvalue weighted by Crippen LogP contribution is -2.24. The molecule has 0 saturated heterocycles. The second kappa shape index (κ2) is 4.38. The molecule has 0 aliphatic heterocycles. The lowest BCUT2D eigenvalue weighted by atomic mass is 10.4. The third-order valence-electron chi connectivity index (χ3n) is 3.34. The molecule has 1 nitrogen and oxygen atoms in total. The molecule has 3 heteroatoms. The van der Waals surface area contributed by atoms with Gasteiger partial charge in [-0.2, -0.15) is 0 Å². The Morgan fingerprint density at radius 2 is 2.00 bits per heavy atom. The summed E-state index contributed by atoms with van der Waals surface area (Å²) in [5, 5.41) is 0.423. The first-order chi connectivity index (χ1) is 7.10. The molecule has 0 unspecified atom stereocenters. The van der Waals surface area contributed by atoms with Crippen molar-refractivity contribution >= 4 is 25.9 Å². The summed E-state index contributed by atoms with van der Waals surface area (Å²) in [6, 6.07) is 7.98. The average molecular weight is 289 g/mol. The van der Waals surface area contributed by atoms with Gasteiger partial charge in [0.1, 0.15) is 0 Å². The molecule has 0 spiro atoms. The Morgan fingerprint density at radius 1 is 1.33 bits per heavy atom. The third-order valence-corrected chi connectivity index (χ3v) is 7.05. The first-order valence-corrected chi connectivity index (χ1v) is 8.45. The molecule has 0 N–H and O–H groups in total. The van der Waals surface area contributed by atoms with Crippen molar-refractivity contribution in [2.45, 2.75) is 35.8 Å². The smallest absolute Gasteiger partial charge is 0.0186 e. The van der Waals surface area contributed by atoms with Crippen LogP contribution in [0.5, 0.6) is 0 Å². The number of thiol groups is 1. The van der Waals surface area contributed by atoms with Gasteiger partial charge in [0, 0.05) is 14.6 Å². The van der Waals surface area contributed by atoms with E-state index < -0.39 is 9.93 Å². The first-order valence-electron chi connectivity index (χ1n) is 5.44. The van der Waals surface area contributed by atoms with Gasteiger partial charge in [-0.1, -0.05) is 44.8 Å². The first kappa shape index (κ1) is 11.3. The van der Waals surface area contributed by atoms with E-state index in [9.17, 15) is 4.21 Å². The molecule has 0 bridgehead atoms. The van der Waals surface area contributed by atoms with Crippen LogP contribution in [-0.4, -0.2) is 15.7 Å². The van der Waals surface area contributed by atoms with Crippen LogP contribution in [0.25, 0.3) is 0 Å². The second-order valence-electron chi connectivity index (χ2n) is 4.41. The van der Waals surface area contributed by atoms with Gasteiger partial charge in [0.25, 0.3) is 0 Å². The lowest BCUT2D eigenvalue weighted by Gasteiger charge is -2.26. The quantitative estimate of drug-likeness (QED) is 0.826. The van der Waals surface area contributed by atoms with Crippen molar-refractivity contribution in [3.63, 3.8) is 0 Å². The third kappa shape index (κ3) is 2.34. The van der Waals surface area contributed by atoms with Crippen LogP contribution in [0.4, 0.5) is 0 Å². The van der Waals surface area contributed by atoms with Crippen LogP contribution >= 0.6 is 15.9 Å². The van der Waals surface area contributed by atoms with Crippen molar-refractivity contribution < 1.29 is 4.21 Å². The minimum absolute atomic E-state index is 0.423. The summed E-state index contributed by atoms with van der Waals surface area (Å²) < 4.78 is 13.8. The van der Waals surface area contributed by atoms with E-state index in [0.29, 0.717) is 5.25 Å². The van der Waals surface area contributed by atoms with Crippen LogP contribution in [-0.2, 0) is 9.93 Å².